The van der Waals surface area contributed by atoms with Crippen LogP contribution in [0.1, 0.15) is 39.5 Å². The van der Waals surface area contributed by atoms with Crippen molar-refractivity contribution in [1.82, 2.24) is 0 Å². The molecule has 1 atom stereocenters. The van der Waals surface area contributed by atoms with E-state index in [-0.39, 0.29) is 0 Å². The van der Waals surface area contributed by atoms with Gasteiger partial charge >= 0.3 is 0 Å². The normalized spacial score (nSPS) is 23.4. The fourth-order valence-electron chi connectivity index (χ4n) is 2.60. The molecule has 0 spiro atoms. The minimum Gasteiger partial charge on any atom is -0.397 e. The highest BCUT2D eigenvalue weighted by Crippen LogP contribution is 2.38. The first-order valence-corrected chi connectivity index (χ1v) is 7.10. The smallest absolute Gasteiger partial charge is 0.0587 e. The summed E-state index contributed by atoms with van der Waals surface area (Å²) in [4.78, 5) is 0. The van der Waals surface area contributed by atoms with E-state index in [9.17, 15) is 0 Å². The van der Waals surface area contributed by atoms with Crippen LogP contribution in [0.5, 0.6) is 0 Å². The minimum absolute atomic E-state index is 0.354. The van der Waals surface area contributed by atoms with E-state index < -0.39 is 0 Å². The van der Waals surface area contributed by atoms with Gasteiger partial charge in [-0.05, 0) is 36.5 Å². The van der Waals surface area contributed by atoms with Crippen molar-refractivity contribution in [2.24, 2.45) is 5.41 Å². The molecule has 0 radical (unpaired) electrons. The predicted octanol–water partition coefficient (Wildman–Crippen LogP) is 4.41. The van der Waals surface area contributed by atoms with Crippen LogP contribution in [0, 0.1) is 5.41 Å². The molecule has 0 aromatic heterocycles. The average molecular weight is 297 g/mol. The maximum absolute atomic E-state index is 6.01. The number of hydrogen-bond acceptors (Lipinski definition) is 2. The maximum Gasteiger partial charge on any atom is 0.0587 e. The second-order valence-electron chi connectivity index (χ2n) is 5.66. The number of anilines is 2. The standard InChI is InChI=1S/C14H21BrN2/c1-14(2)8-4-3-5-13(14)17-12-9-10(15)6-7-11(12)16/h6-7,9,13,17H,3-5,8,16H2,1-2H3. The third kappa shape index (κ3) is 2.95. The van der Waals surface area contributed by atoms with Gasteiger partial charge in [0.1, 0.15) is 0 Å². The van der Waals surface area contributed by atoms with E-state index >= 15 is 0 Å². The molecule has 2 nitrogen and oxygen atoms in total. The quantitative estimate of drug-likeness (QED) is 0.793. The van der Waals surface area contributed by atoms with E-state index in [0.717, 1.165) is 15.8 Å². The van der Waals surface area contributed by atoms with Crippen LogP contribution in [0.25, 0.3) is 0 Å². The van der Waals surface area contributed by atoms with Crippen LogP contribution in [0.3, 0.4) is 0 Å². The molecule has 2 rings (SSSR count). The summed E-state index contributed by atoms with van der Waals surface area (Å²) in [7, 11) is 0. The summed E-state index contributed by atoms with van der Waals surface area (Å²) < 4.78 is 1.07. The Morgan fingerprint density at radius 3 is 2.82 bits per heavy atom. The fraction of sp³-hybridized carbons (Fsp3) is 0.571. The first kappa shape index (κ1) is 12.7. The Morgan fingerprint density at radius 2 is 2.12 bits per heavy atom. The molecule has 1 aromatic rings. The van der Waals surface area contributed by atoms with Crippen LogP contribution in [-0.2, 0) is 0 Å². The van der Waals surface area contributed by atoms with Gasteiger partial charge in [0, 0.05) is 10.5 Å². The van der Waals surface area contributed by atoms with Gasteiger partial charge in [0.25, 0.3) is 0 Å². The second-order valence-corrected chi connectivity index (χ2v) is 6.58. The Labute approximate surface area is 112 Å². The molecule has 3 heteroatoms. The van der Waals surface area contributed by atoms with Crippen molar-refractivity contribution in [3.63, 3.8) is 0 Å². The molecule has 1 aliphatic rings. The molecule has 1 aromatic carbocycles. The van der Waals surface area contributed by atoms with E-state index in [0.29, 0.717) is 11.5 Å². The van der Waals surface area contributed by atoms with E-state index in [2.05, 4.69) is 41.2 Å². The molecule has 0 bridgehead atoms. The van der Waals surface area contributed by atoms with Gasteiger partial charge in [0.05, 0.1) is 11.4 Å². The highest BCUT2D eigenvalue weighted by atomic mass is 79.9. The van der Waals surface area contributed by atoms with Gasteiger partial charge in [-0.25, -0.2) is 0 Å². The maximum atomic E-state index is 6.01. The summed E-state index contributed by atoms with van der Waals surface area (Å²) in [6.07, 6.45) is 5.19. The summed E-state index contributed by atoms with van der Waals surface area (Å²) in [5, 5.41) is 3.63. The lowest BCUT2D eigenvalue weighted by atomic mass is 9.73. The zero-order valence-electron chi connectivity index (χ0n) is 10.6. The van der Waals surface area contributed by atoms with E-state index in [1.54, 1.807) is 0 Å². The summed E-state index contributed by atoms with van der Waals surface area (Å²) in [6.45, 7) is 4.69. The number of benzene rings is 1. The molecule has 0 amide bonds. The lowest BCUT2D eigenvalue weighted by Crippen LogP contribution is -2.39. The van der Waals surface area contributed by atoms with E-state index in [4.69, 9.17) is 5.73 Å². The van der Waals surface area contributed by atoms with Crippen molar-refractivity contribution in [2.75, 3.05) is 11.1 Å². The molecule has 94 valence electrons. The molecule has 1 saturated carbocycles. The average Bonchev–Trinajstić information content (AvgIpc) is 2.26. The van der Waals surface area contributed by atoms with Crippen molar-refractivity contribution >= 4 is 27.3 Å². The highest BCUT2D eigenvalue weighted by Gasteiger charge is 2.32. The predicted molar refractivity (Wildman–Crippen MR) is 78.2 cm³/mol. The lowest BCUT2D eigenvalue weighted by molar-refractivity contribution is 0.217. The van der Waals surface area contributed by atoms with Crippen LogP contribution in [0.2, 0.25) is 0 Å². The van der Waals surface area contributed by atoms with Crippen LogP contribution in [-0.4, -0.2) is 6.04 Å². The van der Waals surface area contributed by atoms with Crippen molar-refractivity contribution in [3.05, 3.63) is 22.7 Å². The van der Waals surface area contributed by atoms with Crippen LogP contribution in [0.4, 0.5) is 11.4 Å². The summed E-state index contributed by atoms with van der Waals surface area (Å²) in [6, 6.07) is 6.52. The van der Waals surface area contributed by atoms with Gasteiger partial charge in [0.2, 0.25) is 0 Å². The Bertz CT molecular complexity index is 401. The molecule has 1 unspecified atom stereocenters. The van der Waals surface area contributed by atoms with Gasteiger partial charge in [-0.15, -0.1) is 0 Å². The van der Waals surface area contributed by atoms with Crippen LogP contribution >= 0.6 is 15.9 Å². The summed E-state index contributed by atoms with van der Waals surface area (Å²) in [5.74, 6) is 0. The first-order chi connectivity index (χ1) is 7.99. The fourth-order valence-corrected chi connectivity index (χ4v) is 2.96. The minimum atomic E-state index is 0.354. The lowest BCUT2D eigenvalue weighted by Gasteiger charge is -2.39. The van der Waals surface area contributed by atoms with Crippen LogP contribution in [0.15, 0.2) is 22.7 Å². The SMILES string of the molecule is CC1(C)CCCCC1Nc1cc(Br)ccc1N. The third-order valence-corrected chi connectivity index (χ3v) is 4.35. The monoisotopic (exact) mass is 296 g/mol. The van der Waals surface area contributed by atoms with Crippen LogP contribution < -0.4 is 11.1 Å². The molecular formula is C14H21BrN2. The topological polar surface area (TPSA) is 38.0 Å². The van der Waals surface area contributed by atoms with E-state index in [1.165, 1.54) is 25.7 Å². The Hall–Kier alpha value is -0.700. The Kier molecular flexibility index (Phi) is 3.67. The molecule has 1 fully saturated rings. The number of nitrogen functional groups attached to an aromatic ring is 1. The molecule has 0 heterocycles. The first-order valence-electron chi connectivity index (χ1n) is 6.30. The molecule has 3 N–H and O–H groups in total. The Balaban J connectivity index is 2.16. The zero-order chi connectivity index (χ0) is 12.5. The summed E-state index contributed by atoms with van der Waals surface area (Å²) >= 11 is 3.49. The number of halogens is 1. The third-order valence-electron chi connectivity index (χ3n) is 3.85. The zero-order valence-corrected chi connectivity index (χ0v) is 12.2. The van der Waals surface area contributed by atoms with Crippen molar-refractivity contribution < 1.29 is 0 Å². The second kappa shape index (κ2) is 4.89. The number of rotatable bonds is 2. The van der Waals surface area contributed by atoms with E-state index in [1.807, 2.05) is 12.1 Å². The van der Waals surface area contributed by atoms with Gasteiger partial charge in [0.15, 0.2) is 0 Å². The van der Waals surface area contributed by atoms with Gasteiger partial charge < -0.3 is 11.1 Å². The highest BCUT2D eigenvalue weighted by molar-refractivity contribution is 9.10. The van der Waals surface area contributed by atoms with Crippen molar-refractivity contribution in [2.45, 2.75) is 45.6 Å². The van der Waals surface area contributed by atoms with Gasteiger partial charge in [-0.1, -0.05) is 42.6 Å². The number of nitrogens with two attached hydrogens (primary N) is 1. The Morgan fingerprint density at radius 1 is 1.35 bits per heavy atom. The van der Waals surface area contributed by atoms with Crippen molar-refractivity contribution in [1.29, 1.82) is 0 Å². The number of hydrogen-bond donors (Lipinski definition) is 2. The largest absolute Gasteiger partial charge is 0.397 e. The number of nitrogens with one attached hydrogen (secondary N) is 1. The van der Waals surface area contributed by atoms with Gasteiger partial charge in [-0.2, -0.15) is 0 Å². The van der Waals surface area contributed by atoms with Crippen molar-refractivity contribution in [3.8, 4) is 0 Å². The van der Waals surface area contributed by atoms with Gasteiger partial charge in [-0.3, -0.25) is 0 Å². The molecule has 17 heavy (non-hydrogen) atoms. The molecule has 1 aliphatic carbocycles. The molecule has 0 aliphatic heterocycles. The molecular weight excluding hydrogens is 276 g/mol. The molecule has 0 saturated heterocycles. The summed E-state index contributed by atoms with van der Waals surface area (Å²) in [5.41, 5.74) is 8.25.